The summed E-state index contributed by atoms with van der Waals surface area (Å²) >= 11 is 9.72. The molecule has 0 atom stereocenters. The lowest BCUT2D eigenvalue weighted by molar-refractivity contribution is 0.0968. The zero-order chi connectivity index (χ0) is 21.4. The SMILES string of the molecule is O=c1c(-c2ccc(Br)cc2)coc2c3c(ccc12)OCN(CCc1ccccc1Cl)C3. The van der Waals surface area contributed by atoms with Gasteiger partial charge in [0.2, 0.25) is 5.43 Å². The van der Waals surface area contributed by atoms with Crippen molar-refractivity contribution in [3.8, 4) is 16.9 Å². The number of ether oxygens (including phenoxy) is 1. The molecule has 5 rings (SSSR count). The summed E-state index contributed by atoms with van der Waals surface area (Å²) in [5.41, 5.74) is 3.94. The van der Waals surface area contributed by atoms with Crippen molar-refractivity contribution in [2.45, 2.75) is 13.0 Å². The maximum Gasteiger partial charge on any atom is 0.200 e. The van der Waals surface area contributed by atoms with E-state index < -0.39 is 0 Å². The summed E-state index contributed by atoms with van der Waals surface area (Å²) in [5.74, 6) is 0.765. The summed E-state index contributed by atoms with van der Waals surface area (Å²) in [6.07, 6.45) is 2.37. The number of benzene rings is 3. The van der Waals surface area contributed by atoms with Crippen molar-refractivity contribution >= 4 is 38.5 Å². The van der Waals surface area contributed by atoms with Gasteiger partial charge in [0.1, 0.15) is 24.3 Å². The number of halogens is 2. The molecule has 0 fully saturated rings. The topological polar surface area (TPSA) is 42.7 Å². The highest BCUT2D eigenvalue weighted by Gasteiger charge is 2.22. The molecule has 1 aromatic heterocycles. The summed E-state index contributed by atoms with van der Waals surface area (Å²) in [6.45, 7) is 1.93. The van der Waals surface area contributed by atoms with Crippen molar-refractivity contribution in [2.24, 2.45) is 0 Å². The third kappa shape index (κ3) is 4.01. The van der Waals surface area contributed by atoms with E-state index in [1.54, 1.807) is 12.3 Å². The second-order valence-corrected chi connectivity index (χ2v) is 8.89. The van der Waals surface area contributed by atoms with E-state index in [-0.39, 0.29) is 5.43 Å². The third-order valence-corrected chi connectivity index (χ3v) is 6.49. The van der Waals surface area contributed by atoms with E-state index in [1.165, 1.54) is 0 Å². The summed E-state index contributed by atoms with van der Waals surface area (Å²) in [7, 11) is 0. The van der Waals surface area contributed by atoms with Gasteiger partial charge in [0.25, 0.3) is 0 Å². The summed E-state index contributed by atoms with van der Waals surface area (Å²) < 4.78 is 12.9. The van der Waals surface area contributed by atoms with Gasteiger partial charge >= 0.3 is 0 Å². The Kier molecular flexibility index (Phi) is 5.57. The zero-order valence-corrected chi connectivity index (χ0v) is 18.9. The lowest BCUT2D eigenvalue weighted by atomic mass is 10.0. The average Bonchev–Trinajstić information content (AvgIpc) is 2.79. The molecule has 0 saturated carbocycles. The number of hydrogen-bond acceptors (Lipinski definition) is 4. The normalized spacial score (nSPS) is 13.7. The molecule has 0 amide bonds. The van der Waals surface area contributed by atoms with Gasteiger partial charge in [-0.3, -0.25) is 9.69 Å². The van der Waals surface area contributed by atoms with Crippen molar-refractivity contribution in [1.82, 2.24) is 4.90 Å². The van der Waals surface area contributed by atoms with E-state index in [4.69, 9.17) is 20.8 Å². The molecule has 0 saturated heterocycles. The van der Waals surface area contributed by atoms with Gasteiger partial charge in [-0.05, 0) is 47.9 Å². The van der Waals surface area contributed by atoms with E-state index in [1.807, 2.05) is 54.6 Å². The van der Waals surface area contributed by atoms with E-state index in [9.17, 15) is 4.79 Å². The first-order valence-corrected chi connectivity index (χ1v) is 11.2. The fraction of sp³-hybridized carbons (Fsp3) is 0.160. The predicted molar refractivity (Wildman–Crippen MR) is 127 cm³/mol. The Labute approximate surface area is 193 Å². The number of hydrogen-bond donors (Lipinski definition) is 0. The molecule has 0 N–H and O–H groups in total. The summed E-state index contributed by atoms with van der Waals surface area (Å²) in [4.78, 5) is 15.4. The predicted octanol–water partition coefficient (Wildman–Crippen LogP) is 6.27. The van der Waals surface area contributed by atoms with E-state index >= 15 is 0 Å². The lowest BCUT2D eigenvalue weighted by Gasteiger charge is -2.29. The minimum atomic E-state index is -0.0421. The Hall–Kier alpha value is -2.60. The molecular formula is C25H19BrClNO3. The quantitative estimate of drug-likeness (QED) is 0.334. The Balaban J connectivity index is 1.45. The number of rotatable bonds is 4. The maximum absolute atomic E-state index is 13.2. The molecule has 156 valence electrons. The van der Waals surface area contributed by atoms with Gasteiger partial charge in [0, 0.05) is 22.6 Å². The Morgan fingerprint density at radius 3 is 2.65 bits per heavy atom. The van der Waals surface area contributed by atoms with Gasteiger partial charge in [-0.25, -0.2) is 0 Å². The molecule has 0 radical (unpaired) electrons. The zero-order valence-electron chi connectivity index (χ0n) is 16.6. The van der Waals surface area contributed by atoms with Crippen LogP contribution in [0, 0.1) is 0 Å². The molecule has 0 spiro atoms. The molecule has 31 heavy (non-hydrogen) atoms. The minimum Gasteiger partial charge on any atom is -0.478 e. The van der Waals surface area contributed by atoms with Crippen LogP contribution in [0.2, 0.25) is 5.02 Å². The van der Waals surface area contributed by atoms with Crippen molar-refractivity contribution in [1.29, 1.82) is 0 Å². The van der Waals surface area contributed by atoms with Crippen LogP contribution in [-0.4, -0.2) is 18.2 Å². The van der Waals surface area contributed by atoms with Crippen molar-refractivity contribution in [3.05, 3.63) is 97.8 Å². The fourth-order valence-corrected chi connectivity index (χ4v) is 4.40. The molecule has 1 aliphatic rings. The second kappa shape index (κ2) is 8.50. The van der Waals surface area contributed by atoms with Crippen LogP contribution in [-0.2, 0) is 13.0 Å². The molecule has 2 heterocycles. The largest absolute Gasteiger partial charge is 0.478 e. The second-order valence-electron chi connectivity index (χ2n) is 7.57. The highest BCUT2D eigenvalue weighted by Crippen LogP contribution is 2.32. The molecule has 0 unspecified atom stereocenters. The first kappa shape index (κ1) is 20.3. The number of fused-ring (bicyclic) bond motifs is 3. The van der Waals surface area contributed by atoms with E-state index in [0.717, 1.165) is 44.9 Å². The van der Waals surface area contributed by atoms with Crippen molar-refractivity contribution in [3.63, 3.8) is 0 Å². The monoisotopic (exact) mass is 495 g/mol. The first-order chi connectivity index (χ1) is 15.1. The highest BCUT2D eigenvalue weighted by atomic mass is 79.9. The fourth-order valence-electron chi connectivity index (χ4n) is 3.91. The lowest BCUT2D eigenvalue weighted by Crippen LogP contribution is -2.33. The molecule has 0 bridgehead atoms. The Bertz CT molecular complexity index is 1320. The van der Waals surface area contributed by atoms with Crippen LogP contribution in [0.1, 0.15) is 11.1 Å². The van der Waals surface area contributed by atoms with Gasteiger partial charge in [-0.15, -0.1) is 0 Å². The summed E-state index contributed by atoms with van der Waals surface area (Å²) in [6, 6.07) is 19.2. The average molecular weight is 497 g/mol. The molecule has 4 nitrogen and oxygen atoms in total. The Morgan fingerprint density at radius 2 is 1.84 bits per heavy atom. The third-order valence-electron chi connectivity index (χ3n) is 5.60. The number of nitrogens with zero attached hydrogens (tertiary/aromatic N) is 1. The molecule has 6 heteroatoms. The Morgan fingerprint density at radius 1 is 1.03 bits per heavy atom. The van der Waals surface area contributed by atoms with Gasteiger partial charge in [-0.2, -0.15) is 0 Å². The molecule has 0 aliphatic carbocycles. The van der Waals surface area contributed by atoms with Crippen LogP contribution < -0.4 is 10.2 Å². The summed E-state index contributed by atoms with van der Waals surface area (Å²) in [5, 5.41) is 1.34. The van der Waals surface area contributed by atoms with Crippen molar-refractivity contribution < 1.29 is 9.15 Å². The molecule has 1 aliphatic heterocycles. The van der Waals surface area contributed by atoms with Crippen molar-refractivity contribution in [2.75, 3.05) is 13.3 Å². The van der Waals surface area contributed by atoms with Crippen LogP contribution in [0.25, 0.3) is 22.1 Å². The highest BCUT2D eigenvalue weighted by molar-refractivity contribution is 9.10. The van der Waals surface area contributed by atoms with E-state index in [0.29, 0.717) is 29.8 Å². The van der Waals surface area contributed by atoms with Gasteiger partial charge in [0.05, 0.1) is 16.5 Å². The first-order valence-electron chi connectivity index (χ1n) is 10.0. The standard InChI is InChI=1S/C25H19BrClNO3/c26-18-7-5-16(6-8-18)21-14-30-25-19(24(21)29)9-10-23-20(25)13-28(15-31-23)12-11-17-3-1-2-4-22(17)27/h1-10,14H,11-13,15H2. The molecular weight excluding hydrogens is 478 g/mol. The van der Waals surface area contributed by atoms with E-state index in [2.05, 4.69) is 20.8 Å². The minimum absolute atomic E-state index is 0.0421. The maximum atomic E-state index is 13.2. The smallest absolute Gasteiger partial charge is 0.200 e. The van der Waals surface area contributed by atoms with Crippen LogP contribution in [0.15, 0.2) is 80.6 Å². The molecule has 3 aromatic carbocycles. The van der Waals surface area contributed by atoms with Crippen LogP contribution in [0.3, 0.4) is 0 Å². The van der Waals surface area contributed by atoms with Gasteiger partial charge in [-0.1, -0.05) is 57.9 Å². The molecule has 4 aromatic rings. The van der Waals surface area contributed by atoms with Crippen LogP contribution in [0.4, 0.5) is 0 Å². The van der Waals surface area contributed by atoms with Crippen LogP contribution in [0.5, 0.6) is 5.75 Å². The van der Waals surface area contributed by atoms with Crippen LogP contribution >= 0.6 is 27.5 Å². The van der Waals surface area contributed by atoms with Gasteiger partial charge < -0.3 is 9.15 Å². The van der Waals surface area contributed by atoms with Gasteiger partial charge in [0.15, 0.2) is 0 Å².